The first-order valence-corrected chi connectivity index (χ1v) is 9.05. The Morgan fingerprint density at radius 1 is 1.33 bits per heavy atom. The molecule has 0 aliphatic carbocycles. The van der Waals surface area contributed by atoms with E-state index in [2.05, 4.69) is 20.7 Å². The van der Waals surface area contributed by atoms with E-state index in [0.717, 1.165) is 11.4 Å². The number of hydrogen-bond acceptors (Lipinski definition) is 6. The maximum Gasteiger partial charge on any atom is 0.272 e. The highest BCUT2D eigenvalue weighted by Gasteiger charge is 2.33. The lowest BCUT2D eigenvalue weighted by Crippen LogP contribution is -2.46. The summed E-state index contributed by atoms with van der Waals surface area (Å²) in [6.45, 7) is 2.28. The van der Waals surface area contributed by atoms with E-state index in [1.54, 1.807) is 21.8 Å². The van der Waals surface area contributed by atoms with E-state index in [4.69, 9.17) is 0 Å². The normalized spacial score (nSPS) is 21.7. The quantitative estimate of drug-likeness (QED) is 0.654. The molecule has 142 valence electrons. The Balaban J connectivity index is 1.38. The number of nitrogens with zero attached hydrogens (tertiary/aromatic N) is 4. The van der Waals surface area contributed by atoms with Crippen molar-refractivity contribution in [3.05, 3.63) is 47.5 Å². The van der Waals surface area contributed by atoms with E-state index in [1.807, 2.05) is 18.2 Å². The standard InChI is InChI=1S/C18H22N6O3/c25-14-8-16(20-10-14)18(27)23-5-6-24-13(11-23)7-15(22-24)17(26)21-9-12-3-1-2-4-19-12/h1-4,7,14,16,20,25H,5-6,8-11H2,(H,21,26)/t14-,16+/m1/s1. The van der Waals surface area contributed by atoms with Gasteiger partial charge in [0.15, 0.2) is 5.69 Å². The van der Waals surface area contributed by atoms with Gasteiger partial charge in [-0.3, -0.25) is 19.3 Å². The summed E-state index contributed by atoms with van der Waals surface area (Å²) in [5.41, 5.74) is 1.94. The Morgan fingerprint density at radius 3 is 2.96 bits per heavy atom. The summed E-state index contributed by atoms with van der Waals surface area (Å²) in [6, 6.07) is 6.92. The molecule has 2 amide bonds. The van der Waals surface area contributed by atoms with Crippen LogP contribution in [0.3, 0.4) is 0 Å². The fourth-order valence-electron chi connectivity index (χ4n) is 3.46. The number of carbonyl (C=O) groups is 2. The van der Waals surface area contributed by atoms with Crippen LogP contribution in [0.2, 0.25) is 0 Å². The summed E-state index contributed by atoms with van der Waals surface area (Å²) in [7, 11) is 0. The molecule has 27 heavy (non-hydrogen) atoms. The number of aliphatic hydroxyl groups excluding tert-OH is 1. The summed E-state index contributed by atoms with van der Waals surface area (Å²) >= 11 is 0. The van der Waals surface area contributed by atoms with Crippen molar-refractivity contribution in [2.75, 3.05) is 13.1 Å². The maximum atomic E-state index is 12.6. The molecule has 0 unspecified atom stereocenters. The van der Waals surface area contributed by atoms with Gasteiger partial charge in [-0.2, -0.15) is 5.10 Å². The highest BCUT2D eigenvalue weighted by molar-refractivity contribution is 5.92. The van der Waals surface area contributed by atoms with Crippen LogP contribution in [0.15, 0.2) is 30.5 Å². The molecule has 0 aromatic carbocycles. The van der Waals surface area contributed by atoms with Crippen LogP contribution >= 0.6 is 0 Å². The lowest BCUT2D eigenvalue weighted by atomic mass is 10.1. The minimum Gasteiger partial charge on any atom is -0.392 e. The first-order chi connectivity index (χ1) is 13.1. The maximum absolute atomic E-state index is 12.6. The van der Waals surface area contributed by atoms with Crippen LogP contribution in [0.4, 0.5) is 0 Å². The molecule has 4 heterocycles. The monoisotopic (exact) mass is 370 g/mol. The van der Waals surface area contributed by atoms with Gasteiger partial charge in [-0.05, 0) is 24.6 Å². The molecular weight excluding hydrogens is 348 g/mol. The number of aromatic nitrogens is 3. The van der Waals surface area contributed by atoms with Crippen LogP contribution in [0, 0.1) is 0 Å². The van der Waals surface area contributed by atoms with Crippen molar-refractivity contribution in [2.24, 2.45) is 0 Å². The lowest BCUT2D eigenvalue weighted by Gasteiger charge is -2.29. The van der Waals surface area contributed by atoms with Gasteiger partial charge in [-0.1, -0.05) is 6.07 Å². The van der Waals surface area contributed by atoms with Crippen molar-refractivity contribution in [1.29, 1.82) is 0 Å². The molecule has 4 rings (SSSR count). The Bertz CT molecular complexity index is 837. The predicted molar refractivity (Wildman–Crippen MR) is 95.5 cm³/mol. The minimum atomic E-state index is -0.469. The van der Waals surface area contributed by atoms with Crippen molar-refractivity contribution >= 4 is 11.8 Å². The number of pyridine rings is 1. The van der Waals surface area contributed by atoms with Crippen LogP contribution < -0.4 is 10.6 Å². The van der Waals surface area contributed by atoms with Gasteiger partial charge >= 0.3 is 0 Å². The number of rotatable bonds is 4. The number of aliphatic hydroxyl groups is 1. The zero-order chi connectivity index (χ0) is 18.8. The molecule has 9 nitrogen and oxygen atoms in total. The second-order valence-electron chi connectivity index (χ2n) is 6.86. The summed E-state index contributed by atoms with van der Waals surface area (Å²) in [4.78, 5) is 30.9. The Labute approximate surface area is 156 Å². The van der Waals surface area contributed by atoms with Crippen molar-refractivity contribution < 1.29 is 14.7 Å². The highest BCUT2D eigenvalue weighted by atomic mass is 16.3. The molecule has 9 heteroatoms. The molecule has 0 saturated carbocycles. The first kappa shape index (κ1) is 17.6. The van der Waals surface area contributed by atoms with Crippen LogP contribution in [0.1, 0.15) is 28.3 Å². The fraction of sp³-hybridized carbons (Fsp3) is 0.444. The van der Waals surface area contributed by atoms with Crippen molar-refractivity contribution in [2.45, 2.75) is 38.2 Å². The molecule has 3 N–H and O–H groups in total. The zero-order valence-electron chi connectivity index (χ0n) is 14.8. The van der Waals surface area contributed by atoms with Crippen LogP contribution in [-0.2, 0) is 24.4 Å². The van der Waals surface area contributed by atoms with Crippen molar-refractivity contribution in [3.63, 3.8) is 0 Å². The number of nitrogens with one attached hydrogen (secondary N) is 2. The van der Waals surface area contributed by atoms with Gasteiger partial charge in [0.1, 0.15) is 0 Å². The fourth-order valence-corrected chi connectivity index (χ4v) is 3.46. The molecule has 0 radical (unpaired) electrons. The van der Waals surface area contributed by atoms with Gasteiger partial charge in [-0.15, -0.1) is 0 Å². The molecule has 1 fully saturated rings. The minimum absolute atomic E-state index is 0.0137. The largest absolute Gasteiger partial charge is 0.392 e. The average Bonchev–Trinajstić information content (AvgIpc) is 3.32. The molecule has 1 saturated heterocycles. The number of β-amino-alcohol motifs (C(OH)–C–C–N with tert-alkyl or cyclic N) is 1. The Hall–Kier alpha value is -2.78. The van der Waals surface area contributed by atoms with Gasteiger partial charge in [0.25, 0.3) is 5.91 Å². The van der Waals surface area contributed by atoms with Crippen LogP contribution in [0.5, 0.6) is 0 Å². The molecule has 0 spiro atoms. The summed E-state index contributed by atoms with van der Waals surface area (Å²) in [5, 5.41) is 19.8. The number of hydrogen-bond donors (Lipinski definition) is 3. The predicted octanol–water partition coefficient (Wildman–Crippen LogP) is -0.727. The lowest BCUT2D eigenvalue weighted by molar-refractivity contribution is -0.134. The van der Waals surface area contributed by atoms with Gasteiger partial charge in [0, 0.05) is 19.3 Å². The van der Waals surface area contributed by atoms with Crippen molar-refractivity contribution in [3.8, 4) is 0 Å². The third kappa shape index (κ3) is 3.83. The van der Waals surface area contributed by atoms with E-state index >= 15 is 0 Å². The van der Waals surface area contributed by atoms with Crippen LogP contribution in [-0.4, -0.2) is 61.8 Å². The van der Waals surface area contributed by atoms with Gasteiger partial charge in [-0.25, -0.2) is 0 Å². The summed E-state index contributed by atoms with van der Waals surface area (Å²) in [6.07, 6.45) is 1.65. The number of carbonyl (C=O) groups excluding carboxylic acids is 2. The topological polar surface area (TPSA) is 112 Å². The Morgan fingerprint density at radius 2 is 2.22 bits per heavy atom. The third-order valence-electron chi connectivity index (χ3n) is 4.90. The highest BCUT2D eigenvalue weighted by Crippen LogP contribution is 2.17. The van der Waals surface area contributed by atoms with E-state index in [0.29, 0.717) is 44.8 Å². The SMILES string of the molecule is O=C(NCc1ccccn1)c1cc2n(n1)CCN(C(=O)[C@@H]1C[C@@H](O)CN1)C2. The van der Waals surface area contributed by atoms with E-state index in [-0.39, 0.29) is 17.9 Å². The van der Waals surface area contributed by atoms with Gasteiger partial charge < -0.3 is 20.6 Å². The summed E-state index contributed by atoms with van der Waals surface area (Å²) in [5.74, 6) is -0.277. The first-order valence-electron chi connectivity index (χ1n) is 9.05. The summed E-state index contributed by atoms with van der Waals surface area (Å²) < 4.78 is 1.77. The molecule has 2 aliphatic heterocycles. The number of amides is 2. The molecule has 2 atom stereocenters. The molecule has 2 aliphatic rings. The second-order valence-corrected chi connectivity index (χ2v) is 6.86. The van der Waals surface area contributed by atoms with Crippen molar-refractivity contribution in [1.82, 2.24) is 30.3 Å². The van der Waals surface area contributed by atoms with E-state index < -0.39 is 6.10 Å². The molecular formula is C18H22N6O3. The molecule has 0 bridgehead atoms. The van der Waals surface area contributed by atoms with E-state index in [1.165, 1.54) is 0 Å². The second kappa shape index (κ2) is 7.45. The smallest absolute Gasteiger partial charge is 0.272 e. The average molecular weight is 370 g/mol. The zero-order valence-corrected chi connectivity index (χ0v) is 14.8. The Kier molecular flexibility index (Phi) is 4.87. The third-order valence-corrected chi connectivity index (χ3v) is 4.90. The molecule has 2 aromatic rings. The van der Waals surface area contributed by atoms with E-state index in [9.17, 15) is 14.7 Å². The number of fused-ring (bicyclic) bond motifs is 1. The van der Waals surface area contributed by atoms with Crippen LogP contribution in [0.25, 0.3) is 0 Å². The van der Waals surface area contributed by atoms with Gasteiger partial charge in [0.2, 0.25) is 5.91 Å². The molecule has 2 aromatic heterocycles. The van der Waals surface area contributed by atoms with Gasteiger partial charge in [0.05, 0.1) is 43.2 Å².